The number of rotatable bonds is 8. The molecule has 0 aliphatic heterocycles. The van der Waals surface area contributed by atoms with Crippen molar-refractivity contribution in [2.75, 3.05) is 13.6 Å². The maximum absolute atomic E-state index is 12.2. The molecule has 128 valence electrons. The molecule has 1 saturated carbocycles. The molecule has 1 unspecified atom stereocenters. The van der Waals surface area contributed by atoms with Crippen LogP contribution in [0.2, 0.25) is 0 Å². The standard InChI is InChI=1S/C20H31NO2/c1-16(15-17-10-12-19(22)13-11-17)21(2)14-6-9-20(23)18-7-4-3-5-8-18/h10-13,16,18,22H,3-9,14-15H2,1-2H3. The van der Waals surface area contributed by atoms with Gasteiger partial charge in [0, 0.05) is 18.4 Å². The summed E-state index contributed by atoms with van der Waals surface area (Å²) in [5, 5.41) is 9.33. The van der Waals surface area contributed by atoms with Crippen LogP contribution >= 0.6 is 0 Å². The van der Waals surface area contributed by atoms with Gasteiger partial charge >= 0.3 is 0 Å². The zero-order valence-corrected chi connectivity index (χ0v) is 14.6. The Morgan fingerprint density at radius 2 is 1.87 bits per heavy atom. The van der Waals surface area contributed by atoms with Gasteiger partial charge in [0.15, 0.2) is 0 Å². The molecule has 0 heterocycles. The van der Waals surface area contributed by atoms with Gasteiger partial charge in [-0.3, -0.25) is 4.79 Å². The average Bonchev–Trinajstić information content (AvgIpc) is 2.57. The highest BCUT2D eigenvalue weighted by Crippen LogP contribution is 2.25. The minimum Gasteiger partial charge on any atom is -0.508 e. The van der Waals surface area contributed by atoms with E-state index in [1.807, 2.05) is 12.1 Å². The molecular formula is C20H31NO2. The Kier molecular flexibility index (Phi) is 7.10. The lowest BCUT2D eigenvalue weighted by Gasteiger charge is -2.25. The summed E-state index contributed by atoms with van der Waals surface area (Å²) in [6, 6.07) is 7.87. The van der Waals surface area contributed by atoms with Crippen molar-refractivity contribution in [1.82, 2.24) is 4.90 Å². The molecule has 0 saturated heterocycles. The van der Waals surface area contributed by atoms with E-state index >= 15 is 0 Å². The summed E-state index contributed by atoms with van der Waals surface area (Å²) >= 11 is 0. The minimum absolute atomic E-state index is 0.316. The number of phenolic OH excluding ortho intramolecular Hbond substituents is 1. The van der Waals surface area contributed by atoms with Gasteiger partial charge < -0.3 is 10.0 Å². The van der Waals surface area contributed by atoms with Crippen molar-refractivity contribution in [2.24, 2.45) is 5.92 Å². The van der Waals surface area contributed by atoms with E-state index in [0.717, 1.165) is 38.6 Å². The number of Topliss-reactive ketones (excluding diaryl/α,β-unsaturated/α-hetero) is 1. The van der Waals surface area contributed by atoms with Crippen LogP contribution in [-0.4, -0.2) is 35.4 Å². The Labute approximate surface area is 140 Å². The Morgan fingerprint density at radius 3 is 2.52 bits per heavy atom. The maximum atomic E-state index is 12.2. The van der Waals surface area contributed by atoms with Crippen LogP contribution in [-0.2, 0) is 11.2 Å². The van der Waals surface area contributed by atoms with Gasteiger partial charge in [-0.2, -0.15) is 0 Å². The van der Waals surface area contributed by atoms with Crippen molar-refractivity contribution < 1.29 is 9.90 Å². The maximum Gasteiger partial charge on any atom is 0.136 e. The molecule has 0 spiro atoms. The molecule has 3 heteroatoms. The second-order valence-electron chi connectivity index (χ2n) is 7.11. The predicted molar refractivity (Wildman–Crippen MR) is 94.7 cm³/mol. The molecule has 1 aliphatic carbocycles. The number of aromatic hydroxyl groups is 1. The van der Waals surface area contributed by atoms with Crippen molar-refractivity contribution in [3.63, 3.8) is 0 Å². The van der Waals surface area contributed by atoms with Crippen molar-refractivity contribution in [2.45, 2.75) is 64.3 Å². The molecule has 1 aromatic rings. The average molecular weight is 317 g/mol. The number of hydrogen-bond donors (Lipinski definition) is 1. The van der Waals surface area contributed by atoms with Gasteiger partial charge in [0.05, 0.1) is 0 Å². The number of carbonyl (C=O) groups excluding carboxylic acids is 1. The molecule has 0 aromatic heterocycles. The highest BCUT2D eigenvalue weighted by molar-refractivity contribution is 5.81. The molecule has 1 N–H and O–H groups in total. The Morgan fingerprint density at radius 1 is 1.22 bits per heavy atom. The van der Waals surface area contributed by atoms with Crippen LogP contribution in [0.4, 0.5) is 0 Å². The van der Waals surface area contributed by atoms with Crippen LogP contribution in [0.5, 0.6) is 5.75 Å². The fourth-order valence-electron chi connectivity index (χ4n) is 3.48. The molecular weight excluding hydrogens is 286 g/mol. The highest BCUT2D eigenvalue weighted by atomic mass is 16.3. The fourth-order valence-corrected chi connectivity index (χ4v) is 3.48. The third kappa shape index (κ3) is 5.98. The van der Waals surface area contributed by atoms with E-state index in [1.54, 1.807) is 12.1 Å². The lowest BCUT2D eigenvalue weighted by Crippen LogP contribution is -2.32. The molecule has 1 fully saturated rings. The fraction of sp³-hybridized carbons (Fsp3) is 0.650. The molecule has 0 bridgehead atoms. The summed E-state index contributed by atoms with van der Waals surface area (Å²) in [6.07, 6.45) is 8.68. The number of phenols is 1. The third-order valence-electron chi connectivity index (χ3n) is 5.21. The van der Waals surface area contributed by atoms with Gasteiger partial charge in [0.2, 0.25) is 0 Å². The number of likely N-dealkylation sites (N-methyl/N-ethyl adjacent to an activating group) is 1. The molecule has 23 heavy (non-hydrogen) atoms. The SMILES string of the molecule is CC(Cc1ccc(O)cc1)N(C)CCCC(=O)C1CCCCC1. The largest absolute Gasteiger partial charge is 0.508 e. The third-order valence-corrected chi connectivity index (χ3v) is 5.21. The highest BCUT2D eigenvalue weighted by Gasteiger charge is 2.20. The predicted octanol–water partition coefficient (Wildman–Crippen LogP) is 4.18. The zero-order valence-electron chi connectivity index (χ0n) is 14.6. The van der Waals surface area contributed by atoms with Crippen LogP contribution in [0.25, 0.3) is 0 Å². The Bertz CT molecular complexity index is 477. The number of hydrogen-bond acceptors (Lipinski definition) is 3. The number of ketones is 1. The molecule has 3 nitrogen and oxygen atoms in total. The first-order valence-electron chi connectivity index (χ1n) is 9.07. The van der Waals surface area contributed by atoms with Crippen molar-refractivity contribution in [1.29, 1.82) is 0 Å². The molecule has 0 amide bonds. The first kappa shape index (κ1) is 18.0. The molecule has 0 radical (unpaired) electrons. The van der Waals surface area contributed by atoms with E-state index in [1.165, 1.54) is 24.8 Å². The van der Waals surface area contributed by atoms with Crippen LogP contribution < -0.4 is 0 Å². The van der Waals surface area contributed by atoms with Crippen LogP contribution in [0.15, 0.2) is 24.3 Å². The molecule has 1 aliphatic rings. The summed E-state index contributed by atoms with van der Waals surface area (Å²) in [4.78, 5) is 14.6. The quantitative estimate of drug-likeness (QED) is 0.782. The van der Waals surface area contributed by atoms with Gasteiger partial charge in [0.1, 0.15) is 11.5 Å². The Balaban J connectivity index is 1.68. The van der Waals surface area contributed by atoms with Crippen molar-refractivity contribution in [3.8, 4) is 5.75 Å². The first-order chi connectivity index (χ1) is 11.1. The van der Waals surface area contributed by atoms with Gasteiger partial charge in [-0.15, -0.1) is 0 Å². The van der Waals surface area contributed by atoms with E-state index in [0.29, 0.717) is 23.5 Å². The normalized spacial score (nSPS) is 17.3. The zero-order chi connectivity index (χ0) is 16.7. The minimum atomic E-state index is 0.316. The second kappa shape index (κ2) is 9.07. The summed E-state index contributed by atoms with van der Waals surface area (Å²) in [7, 11) is 2.14. The van der Waals surface area contributed by atoms with E-state index < -0.39 is 0 Å². The summed E-state index contributed by atoms with van der Waals surface area (Å²) in [5.41, 5.74) is 1.24. The van der Waals surface area contributed by atoms with Gasteiger partial charge in [-0.1, -0.05) is 31.4 Å². The number of nitrogens with zero attached hydrogens (tertiary/aromatic N) is 1. The monoisotopic (exact) mass is 317 g/mol. The molecule has 1 atom stereocenters. The number of carbonyl (C=O) groups is 1. The smallest absolute Gasteiger partial charge is 0.136 e. The van der Waals surface area contributed by atoms with E-state index in [9.17, 15) is 9.90 Å². The molecule has 1 aromatic carbocycles. The van der Waals surface area contributed by atoms with Gasteiger partial charge in [0.25, 0.3) is 0 Å². The van der Waals surface area contributed by atoms with Gasteiger partial charge in [-0.25, -0.2) is 0 Å². The second-order valence-corrected chi connectivity index (χ2v) is 7.11. The summed E-state index contributed by atoms with van der Waals surface area (Å²) in [6.45, 7) is 3.19. The summed E-state index contributed by atoms with van der Waals surface area (Å²) in [5.74, 6) is 1.16. The topological polar surface area (TPSA) is 40.5 Å². The van der Waals surface area contributed by atoms with Gasteiger partial charge in [-0.05, 0) is 63.9 Å². The lowest BCUT2D eigenvalue weighted by atomic mass is 9.85. The van der Waals surface area contributed by atoms with Crippen LogP contribution in [0.3, 0.4) is 0 Å². The van der Waals surface area contributed by atoms with E-state index in [2.05, 4.69) is 18.9 Å². The Hall–Kier alpha value is -1.35. The van der Waals surface area contributed by atoms with Crippen molar-refractivity contribution >= 4 is 5.78 Å². The van der Waals surface area contributed by atoms with E-state index in [4.69, 9.17) is 0 Å². The first-order valence-corrected chi connectivity index (χ1v) is 9.07. The summed E-state index contributed by atoms with van der Waals surface area (Å²) < 4.78 is 0. The van der Waals surface area contributed by atoms with Crippen LogP contribution in [0.1, 0.15) is 57.4 Å². The van der Waals surface area contributed by atoms with E-state index in [-0.39, 0.29) is 0 Å². The lowest BCUT2D eigenvalue weighted by molar-refractivity contribution is -0.123. The van der Waals surface area contributed by atoms with Crippen molar-refractivity contribution in [3.05, 3.63) is 29.8 Å². The molecule has 2 rings (SSSR count). The number of benzene rings is 1. The van der Waals surface area contributed by atoms with Crippen LogP contribution in [0, 0.1) is 5.92 Å².